The van der Waals surface area contributed by atoms with Gasteiger partial charge in [0.15, 0.2) is 0 Å². The van der Waals surface area contributed by atoms with Crippen molar-refractivity contribution in [1.29, 1.82) is 0 Å². The summed E-state index contributed by atoms with van der Waals surface area (Å²) in [4.78, 5) is 39.1. The van der Waals surface area contributed by atoms with E-state index in [1.165, 1.54) is 31.4 Å². The molecule has 1 heterocycles. The van der Waals surface area contributed by atoms with Crippen LogP contribution in [0.15, 0.2) is 47.5 Å². The fraction of sp³-hybridized carbons (Fsp3) is 0.364. The molecular weight excluding hydrogens is 434 g/mol. The van der Waals surface area contributed by atoms with Crippen LogP contribution in [0.1, 0.15) is 59.0 Å². The van der Waals surface area contributed by atoms with Gasteiger partial charge in [-0.3, -0.25) is 9.59 Å². The first-order valence-electron chi connectivity index (χ1n) is 10.2. The molecule has 172 valence electrons. The van der Waals surface area contributed by atoms with Crippen molar-refractivity contribution in [2.45, 2.75) is 43.9 Å². The molecule has 1 aromatic heterocycles. The topological polar surface area (TPSA) is 132 Å². The van der Waals surface area contributed by atoms with Gasteiger partial charge in [-0.05, 0) is 42.7 Å². The SMILES string of the molecule is CCCCCC(=O)NCCc1ccc(S(=O)(=O)NC(=O)c2ccc(C(=O)OC)nc2)cc1. The molecule has 0 atom stereocenters. The first-order chi connectivity index (χ1) is 15.3. The Labute approximate surface area is 187 Å². The summed E-state index contributed by atoms with van der Waals surface area (Å²) in [5.74, 6) is -1.53. The van der Waals surface area contributed by atoms with Crippen molar-refractivity contribution in [2.75, 3.05) is 13.7 Å². The fourth-order valence-electron chi connectivity index (χ4n) is 2.80. The molecule has 2 rings (SSSR count). The van der Waals surface area contributed by atoms with Crippen molar-refractivity contribution in [3.63, 3.8) is 0 Å². The number of rotatable bonds is 11. The van der Waals surface area contributed by atoms with Crippen LogP contribution in [0.25, 0.3) is 0 Å². The number of ether oxygens (including phenoxy) is 1. The average Bonchev–Trinajstić information content (AvgIpc) is 2.79. The van der Waals surface area contributed by atoms with Gasteiger partial charge in [-0.1, -0.05) is 31.9 Å². The number of esters is 1. The molecule has 0 saturated carbocycles. The van der Waals surface area contributed by atoms with Gasteiger partial charge in [0.1, 0.15) is 5.69 Å². The van der Waals surface area contributed by atoms with Crippen molar-refractivity contribution in [3.8, 4) is 0 Å². The second kappa shape index (κ2) is 11.9. The zero-order valence-electron chi connectivity index (χ0n) is 18.1. The quantitative estimate of drug-likeness (QED) is 0.387. The lowest BCUT2D eigenvalue weighted by Crippen LogP contribution is -2.30. The predicted octanol–water partition coefficient (Wildman–Crippen LogP) is 2.23. The average molecular weight is 462 g/mol. The molecular formula is C22H27N3O6S. The molecule has 10 heteroatoms. The Morgan fingerprint density at radius 3 is 2.34 bits per heavy atom. The minimum Gasteiger partial charge on any atom is -0.464 e. The van der Waals surface area contributed by atoms with Crippen molar-refractivity contribution < 1.29 is 27.5 Å². The molecule has 0 bridgehead atoms. The number of benzene rings is 1. The Bertz CT molecular complexity index is 1030. The number of carbonyl (C=O) groups is 3. The summed E-state index contributed by atoms with van der Waals surface area (Å²) in [5.41, 5.74) is 0.832. The van der Waals surface area contributed by atoms with E-state index in [0.717, 1.165) is 31.0 Å². The van der Waals surface area contributed by atoms with Crippen molar-refractivity contribution in [2.24, 2.45) is 0 Å². The van der Waals surface area contributed by atoms with Crippen LogP contribution in [0.2, 0.25) is 0 Å². The van der Waals surface area contributed by atoms with Crippen LogP contribution in [0.3, 0.4) is 0 Å². The number of methoxy groups -OCH3 is 1. The maximum Gasteiger partial charge on any atom is 0.356 e. The lowest BCUT2D eigenvalue weighted by atomic mass is 10.1. The van der Waals surface area contributed by atoms with E-state index in [1.807, 2.05) is 4.72 Å². The van der Waals surface area contributed by atoms with Gasteiger partial charge in [0, 0.05) is 19.2 Å². The lowest BCUT2D eigenvalue weighted by molar-refractivity contribution is -0.121. The second-order valence-corrected chi connectivity index (χ2v) is 8.74. The van der Waals surface area contributed by atoms with E-state index in [9.17, 15) is 22.8 Å². The summed E-state index contributed by atoms with van der Waals surface area (Å²) in [6.07, 6.45) is 5.11. The zero-order chi connectivity index (χ0) is 23.6. The third-order valence-electron chi connectivity index (χ3n) is 4.62. The molecule has 0 spiro atoms. The van der Waals surface area contributed by atoms with Crippen LogP contribution in [-0.4, -0.2) is 44.8 Å². The largest absolute Gasteiger partial charge is 0.464 e. The van der Waals surface area contributed by atoms with Crippen LogP contribution in [0.5, 0.6) is 0 Å². The smallest absolute Gasteiger partial charge is 0.356 e. The van der Waals surface area contributed by atoms with Crippen LogP contribution in [0.4, 0.5) is 0 Å². The first-order valence-corrected chi connectivity index (χ1v) is 11.7. The van der Waals surface area contributed by atoms with E-state index in [0.29, 0.717) is 19.4 Å². The van der Waals surface area contributed by atoms with Crippen molar-refractivity contribution in [3.05, 3.63) is 59.4 Å². The molecule has 2 aromatic rings. The van der Waals surface area contributed by atoms with Gasteiger partial charge >= 0.3 is 5.97 Å². The molecule has 0 aliphatic rings. The zero-order valence-corrected chi connectivity index (χ0v) is 18.9. The molecule has 0 radical (unpaired) electrons. The van der Waals surface area contributed by atoms with E-state index >= 15 is 0 Å². The summed E-state index contributed by atoms with van der Waals surface area (Å²) in [5, 5.41) is 2.84. The standard InChI is InChI=1S/C22H27N3O6S/c1-3-4-5-6-20(26)23-14-13-16-7-10-18(11-8-16)32(29,30)25-21(27)17-9-12-19(24-15-17)22(28)31-2/h7-12,15H,3-6,13-14H2,1-2H3,(H,23,26)(H,25,27). The molecule has 2 amide bonds. The van der Waals surface area contributed by atoms with Crippen LogP contribution < -0.4 is 10.0 Å². The van der Waals surface area contributed by atoms with Gasteiger partial charge in [0.05, 0.1) is 17.6 Å². The molecule has 9 nitrogen and oxygen atoms in total. The highest BCUT2D eigenvalue weighted by molar-refractivity contribution is 7.90. The van der Waals surface area contributed by atoms with Gasteiger partial charge in [0.2, 0.25) is 5.91 Å². The number of carbonyl (C=O) groups excluding carboxylic acids is 3. The maximum absolute atomic E-state index is 12.5. The number of sulfonamides is 1. The van der Waals surface area contributed by atoms with Crippen molar-refractivity contribution >= 4 is 27.8 Å². The Balaban J connectivity index is 1.91. The van der Waals surface area contributed by atoms with E-state index < -0.39 is 21.9 Å². The number of aromatic nitrogens is 1. The number of amides is 2. The molecule has 0 fully saturated rings. The Kier molecular flexibility index (Phi) is 9.33. The number of nitrogens with zero attached hydrogens (tertiary/aromatic N) is 1. The normalized spacial score (nSPS) is 10.9. The minimum atomic E-state index is -4.09. The van der Waals surface area contributed by atoms with Gasteiger partial charge in [0.25, 0.3) is 15.9 Å². The minimum absolute atomic E-state index is 0.000329. The summed E-state index contributed by atoms with van der Waals surface area (Å²) in [6, 6.07) is 8.61. The number of nitrogens with one attached hydrogen (secondary N) is 2. The van der Waals surface area contributed by atoms with Gasteiger partial charge < -0.3 is 10.1 Å². The number of hydrogen-bond acceptors (Lipinski definition) is 7. The fourth-order valence-corrected chi connectivity index (χ4v) is 3.77. The highest BCUT2D eigenvalue weighted by atomic mass is 32.2. The second-order valence-electron chi connectivity index (χ2n) is 7.06. The first kappa shape index (κ1) is 25.0. The van der Waals surface area contributed by atoms with E-state index in [2.05, 4.69) is 22.0 Å². The molecule has 0 aliphatic heterocycles. The third-order valence-corrected chi connectivity index (χ3v) is 5.97. The number of hydrogen-bond donors (Lipinski definition) is 2. The Hall–Kier alpha value is -3.27. The van der Waals surface area contributed by atoms with Gasteiger partial charge in [-0.2, -0.15) is 0 Å². The van der Waals surface area contributed by atoms with E-state index in [4.69, 9.17) is 0 Å². The van der Waals surface area contributed by atoms with E-state index in [1.54, 1.807) is 12.1 Å². The third kappa shape index (κ3) is 7.45. The Morgan fingerprint density at radius 1 is 1.03 bits per heavy atom. The Morgan fingerprint density at radius 2 is 1.75 bits per heavy atom. The van der Waals surface area contributed by atoms with Crippen LogP contribution in [0, 0.1) is 0 Å². The van der Waals surface area contributed by atoms with Crippen LogP contribution in [-0.2, 0) is 26.0 Å². The van der Waals surface area contributed by atoms with Gasteiger partial charge in [-0.25, -0.2) is 22.9 Å². The number of unbranched alkanes of at least 4 members (excludes halogenated alkanes) is 2. The number of pyridine rings is 1. The molecule has 32 heavy (non-hydrogen) atoms. The highest BCUT2D eigenvalue weighted by Gasteiger charge is 2.19. The summed E-state index contributed by atoms with van der Waals surface area (Å²) >= 11 is 0. The molecule has 2 N–H and O–H groups in total. The predicted molar refractivity (Wildman–Crippen MR) is 118 cm³/mol. The maximum atomic E-state index is 12.5. The van der Waals surface area contributed by atoms with Gasteiger partial charge in [-0.15, -0.1) is 0 Å². The molecule has 0 unspecified atom stereocenters. The summed E-state index contributed by atoms with van der Waals surface area (Å²) in [6.45, 7) is 2.54. The lowest BCUT2D eigenvalue weighted by Gasteiger charge is -2.09. The molecule has 1 aromatic carbocycles. The summed E-state index contributed by atoms with van der Waals surface area (Å²) in [7, 11) is -2.89. The van der Waals surface area contributed by atoms with Crippen molar-refractivity contribution in [1.82, 2.24) is 15.0 Å². The van der Waals surface area contributed by atoms with E-state index in [-0.39, 0.29) is 22.1 Å². The molecule has 0 saturated heterocycles. The highest BCUT2D eigenvalue weighted by Crippen LogP contribution is 2.12. The van der Waals surface area contributed by atoms with Crippen LogP contribution >= 0.6 is 0 Å². The monoisotopic (exact) mass is 461 g/mol. The molecule has 0 aliphatic carbocycles. The summed E-state index contributed by atoms with van der Waals surface area (Å²) < 4.78 is 31.5.